The van der Waals surface area contributed by atoms with E-state index in [0.717, 1.165) is 19.3 Å². The molecule has 3 nitrogen and oxygen atoms in total. The molecule has 1 aromatic carbocycles. The largest absolute Gasteiger partial charge is 0.465 e. The first-order valence-electron chi connectivity index (χ1n) is 5.82. The molecule has 1 aliphatic carbocycles. The van der Waals surface area contributed by atoms with Crippen LogP contribution in [0.1, 0.15) is 37.2 Å². The van der Waals surface area contributed by atoms with Crippen molar-refractivity contribution in [3.05, 3.63) is 35.9 Å². The summed E-state index contributed by atoms with van der Waals surface area (Å²) in [5.41, 5.74) is 1.25. The second-order valence-electron chi connectivity index (χ2n) is 4.36. The number of nitrogens with one attached hydrogen (secondary N) is 1. The molecule has 0 heterocycles. The van der Waals surface area contributed by atoms with Gasteiger partial charge in [0.05, 0.1) is 0 Å². The molecular formula is C13H17NO2. The van der Waals surface area contributed by atoms with E-state index >= 15 is 0 Å². The number of carboxylic acid groups (broad SMARTS) is 1. The molecule has 0 unspecified atom stereocenters. The average Bonchev–Trinajstić information content (AvgIpc) is 2.30. The smallest absolute Gasteiger partial charge is 0.404 e. The zero-order chi connectivity index (χ0) is 11.4. The number of hydrogen-bond acceptors (Lipinski definition) is 1. The third-order valence-electron chi connectivity index (χ3n) is 3.30. The van der Waals surface area contributed by atoms with Gasteiger partial charge in [-0.1, -0.05) is 43.2 Å². The van der Waals surface area contributed by atoms with Crippen molar-refractivity contribution in [2.24, 2.45) is 0 Å². The average molecular weight is 219 g/mol. The lowest BCUT2D eigenvalue weighted by atomic mass is 9.80. The predicted molar refractivity (Wildman–Crippen MR) is 62.6 cm³/mol. The minimum Gasteiger partial charge on any atom is -0.465 e. The van der Waals surface area contributed by atoms with Crippen LogP contribution in [0.15, 0.2) is 30.3 Å². The van der Waals surface area contributed by atoms with E-state index < -0.39 is 6.09 Å². The Kier molecular flexibility index (Phi) is 3.44. The highest BCUT2D eigenvalue weighted by atomic mass is 16.4. The van der Waals surface area contributed by atoms with E-state index in [-0.39, 0.29) is 6.04 Å². The number of amides is 1. The summed E-state index contributed by atoms with van der Waals surface area (Å²) in [6.07, 6.45) is 3.43. The fourth-order valence-electron chi connectivity index (χ4n) is 2.56. The fourth-order valence-corrected chi connectivity index (χ4v) is 2.56. The van der Waals surface area contributed by atoms with Crippen molar-refractivity contribution < 1.29 is 9.90 Å². The van der Waals surface area contributed by atoms with E-state index in [0.29, 0.717) is 5.92 Å². The molecule has 0 aromatic heterocycles. The molecule has 0 spiro atoms. The van der Waals surface area contributed by atoms with Gasteiger partial charge in [-0.05, 0) is 18.4 Å². The normalized spacial score (nSPS) is 25.0. The maximum atomic E-state index is 10.7. The highest BCUT2D eigenvalue weighted by Gasteiger charge is 2.27. The third-order valence-corrected chi connectivity index (χ3v) is 3.30. The van der Waals surface area contributed by atoms with Gasteiger partial charge in [0.25, 0.3) is 0 Å². The SMILES string of the molecule is O=C(O)N[C@@H]1CCCC[C@H]1c1ccccc1. The van der Waals surface area contributed by atoms with Gasteiger partial charge in [-0.15, -0.1) is 0 Å². The lowest BCUT2D eigenvalue weighted by Gasteiger charge is -2.31. The topological polar surface area (TPSA) is 49.3 Å². The van der Waals surface area contributed by atoms with Gasteiger partial charge in [0.15, 0.2) is 0 Å². The first-order valence-corrected chi connectivity index (χ1v) is 5.82. The van der Waals surface area contributed by atoms with Crippen LogP contribution in [0.25, 0.3) is 0 Å². The summed E-state index contributed by atoms with van der Waals surface area (Å²) in [6.45, 7) is 0. The highest BCUT2D eigenvalue weighted by Crippen LogP contribution is 2.32. The highest BCUT2D eigenvalue weighted by molar-refractivity contribution is 5.65. The monoisotopic (exact) mass is 219 g/mol. The lowest BCUT2D eigenvalue weighted by Crippen LogP contribution is -2.40. The molecule has 0 saturated heterocycles. The summed E-state index contributed by atoms with van der Waals surface area (Å²) >= 11 is 0. The van der Waals surface area contributed by atoms with Crippen LogP contribution >= 0.6 is 0 Å². The van der Waals surface area contributed by atoms with Gasteiger partial charge in [0.1, 0.15) is 0 Å². The first kappa shape index (κ1) is 11.0. The summed E-state index contributed by atoms with van der Waals surface area (Å²) in [5, 5.41) is 11.5. The van der Waals surface area contributed by atoms with E-state index in [1.54, 1.807) is 0 Å². The Bertz CT molecular complexity index is 350. The van der Waals surface area contributed by atoms with Gasteiger partial charge >= 0.3 is 6.09 Å². The number of carbonyl (C=O) groups is 1. The predicted octanol–water partition coefficient (Wildman–Crippen LogP) is 2.98. The van der Waals surface area contributed by atoms with Crippen molar-refractivity contribution in [3.8, 4) is 0 Å². The second-order valence-corrected chi connectivity index (χ2v) is 4.36. The number of rotatable bonds is 2. The van der Waals surface area contributed by atoms with Crippen molar-refractivity contribution in [2.75, 3.05) is 0 Å². The number of hydrogen-bond donors (Lipinski definition) is 2. The maximum absolute atomic E-state index is 10.7. The molecule has 0 aliphatic heterocycles. The summed E-state index contributed by atoms with van der Waals surface area (Å²) in [5.74, 6) is 0.339. The van der Waals surface area contributed by atoms with Crippen molar-refractivity contribution >= 4 is 6.09 Å². The van der Waals surface area contributed by atoms with Gasteiger partial charge < -0.3 is 10.4 Å². The molecule has 2 rings (SSSR count). The molecule has 0 bridgehead atoms. The van der Waals surface area contributed by atoms with Crippen LogP contribution in [0.4, 0.5) is 4.79 Å². The second kappa shape index (κ2) is 5.01. The van der Waals surface area contributed by atoms with Gasteiger partial charge in [0.2, 0.25) is 0 Å². The van der Waals surface area contributed by atoms with Crippen LogP contribution < -0.4 is 5.32 Å². The van der Waals surface area contributed by atoms with Crippen molar-refractivity contribution in [2.45, 2.75) is 37.6 Å². The van der Waals surface area contributed by atoms with Crippen molar-refractivity contribution in [1.82, 2.24) is 5.32 Å². The van der Waals surface area contributed by atoms with Gasteiger partial charge in [0, 0.05) is 12.0 Å². The Morgan fingerprint density at radius 2 is 1.88 bits per heavy atom. The van der Waals surface area contributed by atoms with Crippen molar-refractivity contribution in [3.63, 3.8) is 0 Å². The van der Waals surface area contributed by atoms with Crippen LogP contribution in [0, 0.1) is 0 Å². The van der Waals surface area contributed by atoms with Gasteiger partial charge in [-0.25, -0.2) is 4.79 Å². The Balaban J connectivity index is 2.13. The van der Waals surface area contributed by atoms with Crippen LogP contribution in [0.5, 0.6) is 0 Å². The third kappa shape index (κ3) is 2.54. The molecule has 3 heteroatoms. The van der Waals surface area contributed by atoms with E-state index in [9.17, 15) is 4.79 Å². The summed E-state index contributed by atoms with van der Waals surface area (Å²) in [4.78, 5) is 10.7. The van der Waals surface area contributed by atoms with Crippen molar-refractivity contribution in [1.29, 1.82) is 0 Å². The Labute approximate surface area is 95.5 Å². The van der Waals surface area contributed by atoms with E-state index in [1.165, 1.54) is 12.0 Å². The molecule has 1 saturated carbocycles. The molecular weight excluding hydrogens is 202 g/mol. The first-order chi connectivity index (χ1) is 7.77. The fraction of sp³-hybridized carbons (Fsp3) is 0.462. The maximum Gasteiger partial charge on any atom is 0.404 e. The quantitative estimate of drug-likeness (QED) is 0.803. The zero-order valence-electron chi connectivity index (χ0n) is 9.23. The minimum atomic E-state index is -0.909. The van der Waals surface area contributed by atoms with Gasteiger partial charge in [-0.3, -0.25) is 0 Å². The Morgan fingerprint density at radius 1 is 1.19 bits per heavy atom. The lowest BCUT2D eigenvalue weighted by molar-refractivity contribution is 0.183. The minimum absolute atomic E-state index is 0.0775. The molecule has 1 fully saturated rings. The molecule has 16 heavy (non-hydrogen) atoms. The molecule has 1 aliphatic rings. The summed E-state index contributed by atoms with van der Waals surface area (Å²) < 4.78 is 0. The molecule has 2 N–H and O–H groups in total. The van der Waals surface area contributed by atoms with Crippen LogP contribution in [-0.2, 0) is 0 Å². The summed E-state index contributed by atoms with van der Waals surface area (Å²) in [7, 11) is 0. The Morgan fingerprint density at radius 3 is 2.56 bits per heavy atom. The van der Waals surface area contributed by atoms with Crippen LogP contribution in [0.2, 0.25) is 0 Å². The van der Waals surface area contributed by atoms with Gasteiger partial charge in [-0.2, -0.15) is 0 Å². The molecule has 86 valence electrons. The molecule has 2 atom stereocenters. The summed E-state index contributed by atoms with van der Waals surface area (Å²) in [6, 6.07) is 10.3. The van der Waals surface area contributed by atoms with Crippen LogP contribution in [0.3, 0.4) is 0 Å². The molecule has 0 radical (unpaired) electrons. The number of benzene rings is 1. The molecule has 1 amide bonds. The standard InChI is InChI=1S/C13H17NO2/c15-13(16)14-12-9-5-4-8-11(12)10-6-2-1-3-7-10/h1-3,6-7,11-12,14H,4-5,8-9H2,(H,15,16)/t11-,12+/m0/s1. The molecule has 1 aromatic rings. The van der Waals surface area contributed by atoms with E-state index in [4.69, 9.17) is 5.11 Å². The van der Waals surface area contributed by atoms with E-state index in [1.807, 2.05) is 18.2 Å². The zero-order valence-corrected chi connectivity index (χ0v) is 9.23. The Hall–Kier alpha value is -1.51. The van der Waals surface area contributed by atoms with Crippen LogP contribution in [-0.4, -0.2) is 17.2 Å². The van der Waals surface area contributed by atoms with E-state index in [2.05, 4.69) is 17.4 Å².